The van der Waals surface area contributed by atoms with Gasteiger partial charge in [0.2, 0.25) is 5.91 Å². The van der Waals surface area contributed by atoms with Crippen LogP contribution in [0, 0.1) is 23.6 Å². The lowest BCUT2D eigenvalue weighted by Gasteiger charge is -2.16. The molecule has 3 atom stereocenters. The van der Waals surface area contributed by atoms with Crippen molar-refractivity contribution < 1.29 is 13.9 Å². The molecule has 0 radical (unpaired) electrons. The summed E-state index contributed by atoms with van der Waals surface area (Å²) in [5, 5.41) is 6.74. The predicted molar refractivity (Wildman–Crippen MR) is 136 cm³/mol. The smallest absolute Gasteiger partial charge is 0.248 e. The Balaban J connectivity index is 1.39. The first kappa shape index (κ1) is 23.5. The molecule has 9 heteroatoms. The molecule has 7 nitrogen and oxygen atoms in total. The van der Waals surface area contributed by atoms with Gasteiger partial charge in [-0.1, -0.05) is 17.7 Å². The van der Waals surface area contributed by atoms with Crippen LogP contribution in [-0.4, -0.2) is 47.5 Å². The normalized spacial score (nSPS) is 21.3. The minimum Gasteiger partial charge on any atom is -0.491 e. The molecule has 1 aromatic heterocycles. The van der Waals surface area contributed by atoms with Crippen LogP contribution in [0.2, 0.25) is 5.02 Å². The van der Waals surface area contributed by atoms with E-state index in [0.717, 1.165) is 18.3 Å². The zero-order valence-corrected chi connectivity index (χ0v) is 20.3. The molecule has 1 aliphatic carbocycles. The van der Waals surface area contributed by atoms with Crippen molar-refractivity contribution >= 4 is 45.6 Å². The van der Waals surface area contributed by atoms with Gasteiger partial charge in [0.05, 0.1) is 22.8 Å². The Kier molecular flexibility index (Phi) is 6.58. The summed E-state index contributed by atoms with van der Waals surface area (Å²) in [5.41, 5.74) is 1.77. The summed E-state index contributed by atoms with van der Waals surface area (Å²) in [5.74, 6) is 2.60. The number of nitrogens with zero attached hydrogens (tertiary/aromatic N) is 3. The number of amides is 1. The van der Waals surface area contributed by atoms with Gasteiger partial charge >= 0.3 is 0 Å². The maximum atomic E-state index is 13.6. The number of fused-ring (bicyclic) bond motifs is 2. The molecule has 2 fully saturated rings. The third-order valence-electron chi connectivity index (χ3n) is 6.76. The van der Waals surface area contributed by atoms with E-state index >= 15 is 0 Å². The third kappa shape index (κ3) is 5.09. The maximum absolute atomic E-state index is 13.6. The van der Waals surface area contributed by atoms with Gasteiger partial charge in [0.1, 0.15) is 23.7 Å². The average Bonchev–Trinajstić information content (AvgIpc) is 3.28. The highest BCUT2D eigenvalue weighted by atomic mass is 35.5. The van der Waals surface area contributed by atoms with E-state index in [1.165, 1.54) is 37.6 Å². The molecule has 5 rings (SSSR count). The summed E-state index contributed by atoms with van der Waals surface area (Å²) in [7, 11) is 2.17. The van der Waals surface area contributed by atoms with Gasteiger partial charge in [-0.15, -0.1) is 0 Å². The molecule has 35 heavy (non-hydrogen) atoms. The molecular weight excluding hydrogens is 469 g/mol. The molecule has 0 spiro atoms. The standard InChI is InChI=1S/C26H27ClFN5O2/c1-3-4-25(34)32-23-10-17-22(11-24(23)35-8-7-16-18-12-33(2)13-19(16)18)29-14-30-26(17)31-15-5-6-21(28)20(27)9-15/h3-6,9-11,14,16,18-19H,7-8,12-13H2,1-2H3,(H,32,34)(H,29,30,31)/t16?,18-,19+. The fourth-order valence-corrected chi connectivity index (χ4v) is 5.21. The third-order valence-corrected chi connectivity index (χ3v) is 7.05. The Bertz CT molecular complexity index is 1290. The van der Waals surface area contributed by atoms with Crippen LogP contribution >= 0.6 is 11.6 Å². The molecule has 2 aliphatic rings. The number of hydrogen-bond donors (Lipinski definition) is 2. The van der Waals surface area contributed by atoms with Gasteiger partial charge in [-0.2, -0.15) is 0 Å². The molecule has 1 saturated carbocycles. The SMILES string of the molecule is CC=CC(=O)Nc1cc2c(Nc3ccc(F)c(Cl)c3)ncnc2cc1OCCC1[C@H]2CN(C)C[C@@H]12. The second-order valence-electron chi connectivity index (χ2n) is 9.18. The van der Waals surface area contributed by atoms with Crippen LogP contribution in [0.1, 0.15) is 13.3 Å². The van der Waals surface area contributed by atoms with Crippen LogP contribution in [0.3, 0.4) is 0 Å². The minimum atomic E-state index is -0.498. The van der Waals surface area contributed by atoms with Crippen molar-refractivity contribution in [2.24, 2.45) is 17.8 Å². The molecule has 2 aromatic carbocycles. The van der Waals surface area contributed by atoms with Crippen LogP contribution < -0.4 is 15.4 Å². The van der Waals surface area contributed by atoms with Crippen LogP contribution in [0.25, 0.3) is 10.9 Å². The number of halogens is 2. The first-order valence-corrected chi connectivity index (χ1v) is 12.1. The van der Waals surface area contributed by atoms with Gasteiger partial charge in [0.15, 0.2) is 0 Å². The molecular formula is C26H27ClFN5O2. The second-order valence-corrected chi connectivity index (χ2v) is 9.59. The first-order chi connectivity index (χ1) is 16.9. The largest absolute Gasteiger partial charge is 0.491 e. The highest BCUT2D eigenvalue weighted by molar-refractivity contribution is 6.31. The van der Waals surface area contributed by atoms with Crippen LogP contribution in [0.4, 0.5) is 21.6 Å². The van der Waals surface area contributed by atoms with E-state index in [1.54, 1.807) is 25.1 Å². The summed E-state index contributed by atoms with van der Waals surface area (Å²) in [6, 6.07) is 7.95. The number of likely N-dealkylation sites (tertiary alicyclic amines) is 1. The fraction of sp³-hybridized carbons (Fsp3) is 0.346. The molecule has 1 amide bonds. The van der Waals surface area contributed by atoms with Gasteiger partial charge in [-0.05, 0) is 68.5 Å². The summed E-state index contributed by atoms with van der Waals surface area (Å²) >= 11 is 5.92. The van der Waals surface area contributed by atoms with E-state index in [0.29, 0.717) is 46.4 Å². The predicted octanol–water partition coefficient (Wildman–Crippen LogP) is 5.26. The number of rotatable bonds is 8. The van der Waals surface area contributed by atoms with Gasteiger partial charge in [0.25, 0.3) is 0 Å². The van der Waals surface area contributed by atoms with E-state index in [1.807, 2.05) is 6.07 Å². The van der Waals surface area contributed by atoms with Crippen molar-refractivity contribution in [1.29, 1.82) is 0 Å². The Morgan fingerprint density at radius 1 is 1.26 bits per heavy atom. The molecule has 3 aromatic rings. The van der Waals surface area contributed by atoms with Gasteiger partial charge in [-0.3, -0.25) is 4.79 Å². The Hall–Kier alpha value is -3.23. The lowest BCUT2D eigenvalue weighted by atomic mass is 10.1. The van der Waals surface area contributed by atoms with Crippen molar-refractivity contribution in [3.8, 4) is 5.75 Å². The van der Waals surface area contributed by atoms with Crippen molar-refractivity contribution in [3.63, 3.8) is 0 Å². The number of ether oxygens (including phenoxy) is 1. The molecule has 2 N–H and O–H groups in total. The van der Waals surface area contributed by atoms with E-state index in [4.69, 9.17) is 16.3 Å². The number of piperidine rings is 1. The number of benzene rings is 2. The summed E-state index contributed by atoms with van der Waals surface area (Å²) < 4.78 is 19.7. The van der Waals surface area contributed by atoms with Crippen LogP contribution in [-0.2, 0) is 4.79 Å². The van der Waals surface area contributed by atoms with E-state index in [9.17, 15) is 9.18 Å². The number of hydrogen-bond acceptors (Lipinski definition) is 6. The highest BCUT2D eigenvalue weighted by Gasteiger charge is 2.53. The number of allylic oxidation sites excluding steroid dienone is 1. The first-order valence-electron chi connectivity index (χ1n) is 11.7. The minimum absolute atomic E-state index is 0.00907. The van der Waals surface area contributed by atoms with Crippen molar-refractivity contribution in [1.82, 2.24) is 14.9 Å². The molecule has 1 unspecified atom stereocenters. The fourth-order valence-electron chi connectivity index (χ4n) is 5.03. The van der Waals surface area contributed by atoms with Gasteiger partial charge in [-0.25, -0.2) is 14.4 Å². The van der Waals surface area contributed by atoms with Crippen molar-refractivity contribution in [2.75, 3.05) is 37.4 Å². The lowest BCUT2D eigenvalue weighted by Crippen LogP contribution is -2.19. The Morgan fingerprint density at radius 3 is 2.80 bits per heavy atom. The molecule has 2 heterocycles. The average molecular weight is 496 g/mol. The molecule has 182 valence electrons. The summed E-state index contributed by atoms with van der Waals surface area (Å²) in [6.07, 6.45) is 5.57. The zero-order valence-electron chi connectivity index (χ0n) is 19.6. The number of anilines is 3. The second kappa shape index (κ2) is 9.79. The number of carbonyl (C=O) groups is 1. The molecule has 1 aliphatic heterocycles. The van der Waals surface area contributed by atoms with E-state index in [2.05, 4.69) is 32.5 Å². The topological polar surface area (TPSA) is 79.4 Å². The quantitative estimate of drug-likeness (QED) is 0.415. The van der Waals surface area contributed by atoms with Crippen LogP contribution in [0.15, 0.2) is 48.8 Å². The summed E-state index contributed by atoms with van der Waals surface area (Å²) in [6.45, 7) is 4.69. The van der Waals surface area contributed by atoms with Gasteiger partial charge < -0.3 is 20.3 Å². The van der Waals surface area contributed by atoms with E-state index < -0.39 is 5.82 Å². The Morgan fingerprint density at radius 2 is 2.06 bits per heavy atom. The van der Waals surface area contributed by atoms with Crippen LogP contribution in [0.5, 0.6) is 5.75 Å². The number of carbonyl (C=O) groups excluding carboxylic acids is 1. The van der Waals surface area contributed by atoms with Crippen molar-refractivity contribution in [3.05, 3.63) is 59.7 Å². The Labute approximate surface area is 208 Å². The zero-order chi connectivity index (χ0) is 24.5. The maximum Gasteiger partial charge on any atom is 0.248 e. The number of nitrogens with one attached hydrogen (secondary N) is 2. The summed E-state index contributed by atoms with van der Waals surface area (Å²) in [4.78, 5) is 23.5. The monoisotopic (exact) mass is 495 g/mol. The molecule has 0 bridgehead atoms. The van der Waals surface area contributed by atoms with Gasteiger partial charge in [0, 0.05) is 30.2 Å². The van der Waals surface area contributed by atoms with Crippen molar-refractivity contribution in [2.45, 2.75) is 13.3 Å². The molecule has 1 saturated heterocycles. The number of aromatic nitrogens is 2. The lowest BCUT2D eigenvalue weighted by molar-refractivity contribution is -0.111. The van der Waals surface area contributed by atoms with E-state index in [-0.39, 0.29) is 10.9 Å². The highest BCUT2D eigenvalue weighted by Crippen LogP contribution is 2.53.